The van der Waals surface area contributed by atoms with Crippen molar-refractivity contribution < 1.29 is 14.2 Å². The van der Waals surface area contributed by atoms with Crippen LogP contribution in [0.15, 0.2) is 30.5 Å². The van der Waals surface area contributed by atoms with E-state index in [9.17, 15) is 0 Å². The number of hydrogen-bond acceptors (Lipinski definition) is 8. The molecule has 8 nitrogen and oxygen atoms in total. The lowest BCUT2D eigenvalue weighted by molar-refractivity contribution is 0.0398. The Hall–Kier alpha value is -2.58. The van der Waals surface area contributed by atoms with Gasteiger partial charge in [-0.25, -0.2) is 4.98 Å². The Morgan fingerprint density at radius 3 is 2.85 bits per heavy atom. The van der Waals surface area contributed by atoms with Crippen molar-refractivity contribution in [3.63, 3.8) is 0 Å². The lowest BCUT2D eigenvalue weighted by atomic mass is 10.2. The van der Waals surface area contributed by atoms with E-state index in [0.717, 1.165) is 62.3 Å². The van der Waals surface area contributed by atoms with Gasteiger partial charge in [0.15, 0.2) is 11.5 Å². The van der Waals surface area contributed by atoms with E-state index in [2.05, 4.69) is 25.5 Å². The van der Waals surface area contributed by atoms with E-state index in [4.69, 9.17) is 14.2 Å². The number of nitrogens with one attached hydrogen (secondary N) is 2. The van der Waals surface area contributed by atoms with E-state index < -0.39 is 0 Å². The molecule has 2 aliphatic heterocycles. The number of morpholine rings is 1. The largest absolute Gasteiger partial charge is 0.454 e. The maximum absolute atomic E-state index is 5.40. The Balaban J connectivity index is 1.27. The van der Waals surface area contributed by atoms with Crippen molar-refractivity contribution in [3.8, 4) is 11.5 Å². The average molecular weight is 357 g/mol. The normalized spacial score (nSPS) is 16.5. The minimum Gasteiger partial charge on any atom is -0.454 e. The Morgan fingerprint density at radius 1 is 1.04 bits per heavy atom. The second-order valence-electron chi connectivity index (χ2n) is 6.19. The Kier molecular flexibility index (Phi) is 5.32. The van der Waals surface area contributed by atoms with Crippen molar-refractivity contribution >= 4 is 11.8 Å². The molecule has 1 aromatic heterocycles. The molecule has 0 spiro atoms. The summed E-state index contributed by atoms with van der Waals surface area (Å²) in [6.07, 6.45) is 1.76. The highest BCUT2D eigenvalue weighted by atomic mass is 16.7. The molecule has 1 saturated heterocycles. The van der Waals surface area contributed by atoms with Crippen molar-refractivity contribution in [3.05, 3.63) is 36.0 Å². The molecule has 138 valence electrons. The van der Waals surface area contributed by atoms with Gasteiger partial charge in [0.25, 0.3) is 0 Å². The number of anilines is 2. The first-order chi connectivity index (χ1) is 12.9. The first kappa shape index (κ1) is 16.9. The molecule has 1 aromatic carbocycles. The molecular weight excluding hydrogens is 334 g/mol. The average Bonchev–Trinajstić information content (AvgIpc) is 3.15. The van der Waals surface area contributed by atoms with E-state index >= 15 is 0 Å². The fourth-order valence-corrected chi connectivity index (χ4v) is 2.94. The van der Waals surface area contributed by atoms with Crippen LogP contribution in [0.4, 0.5) is 11.8 Å². The summed E-state index contributed by atoms with van der Waals surface area (Å²) in [7, 11) is 0. The molecule has 0 unspecified atom stereocenters. The third-order valence-electron chi connectivity index (χ3n) is 4.38. The van der Waals surface area contributed by atoms with E-state index in [-0.39, 0.29) is 6.79 Å². The number of aromatic nitrogens is 2. The van der Waals surface area contributed by atoms with Gasteiger partial charge >= 0.3 is 0 Å². The quantitative estimate of drug-likeness (QED) is 0.773. The second kappa shape index (κ2) is 8.20. The zero-order valence-corrected chi connectivity index (χ0v) is 14.6. The number of hydrogen-bond donors (Lipinski definition) is 2. The van der Waals surface area contributed by atoms with E-state index in [1.807, 2.05) is 24.3 Å². The molecule has 2 aliphatic rings. The molecule has 3 heterocycles. The zero-order chi connectivity index (χ0) is 17.6. The predicted octanol–water partition coefficient (Wildman–Crippen LogP) is 1.56. The highest BCUT2D eigenvalue weighted by molar-refractivity contribution is 5.46. The number of benzene rings is 1. The van der Waals surface area contributed by atoms with Crippen LogP contribution >= 0.6 is 0 Å². The van der Waals surface area contributed by atoms with Gasteiger partial charge in [0.1, 0.15) is 5.82 Å². The van der Waals surface area contributed by atoms with Crippen LogP contribution in [-0.4, -0.2) is 61.1 Å². The predicted molar refractivity (Wildman–Crippen MR) is 97.7 cm³/mol. The molecule has 0 amide bonds. The summed E-state index contributed by atoms with van der Waals surface area (Å²) >= 11 is 0. The molecule has 0 bridgehead atoms. The van der Waals surface area contributed by atoms with Gasteiger partial charge < -0.3 is 24.8 Å². The number of nitrogens with zero attached hydrogens (tertiary/aromatic N) is 3. The summed E-state index contributed by atoms with van der Waals surface area (Å²) in [5, 5.41) is 6.60. The standard InChI is InChI=1S/C18H23N5O3/c1-2-15-16(26-13-25-15)11-14(1)12-21-18-20-4-3-17(22-18)19-5-6-23-7-9-24-10-8-23/h1-4,11H,5-10,12-13H2,(H2,19,20,21,22). The van der Waals surface area contributed by atoms with Crippen molar-refractivity contribution in [2.45, 2.75) is 6.54 Å². The van der Waals surface area contributed by atoms with Crippen molar-refractivity contribution in [1.82, 2.24) is 14.9 Å². The summed E-state index contributed by atoms with van der Waals surface area (Å²) in [5.41, 5.74) is 1.09. The van der Waals surface area contributed by atoms with Crippen molar-refractivity contribution in [2.75, 3.05) is 56.8 Å². The maximum Gasteiger partial charge on any atom is 0.231 e. The monoisotopic (exact) mass is 357 g/mol. The van der Waals surface area contributed by atoms with Crippen LogP contribution in [0.5, 0.6) is 11.5 Å². The zero-order valence-electron chi connectivity index (χ0n) is 14.6. The Bertz CT molecular complexity index is 737. The van der Waals surface area contributed by atoms with Crippen LogP contribution in [0.25, 0.3) is 0 Å². The summed E-state index contributed by atoms with van der Waals surface area (Å²) < 4.78 is 16.1. The molecule has 0 saturated carbocycles. The van der Waals surface area contributed by atoms with E-state index in [1.165, 1.54) is 0 Å². The van der Waals surface area contributed by atoms with E-state index in [1.54, 1.807) is 6.20 Å². The highest BCUT2D eigenvalue weighted by Gasteiger charge is 2.13. The summed E-state index contributed by atoms with van der Waals surface area (Å²) in [6, 6.07) is 7.78. The second-order valence-corrected chi connectivity index (χ2v) is 6.19. The van der Waals surface area contributed by atoms with Gasteiger partial charge in [-0.05, 0) is 23.8 Å². The van der Waals surface area contributed by atoms with Crippen LogP contribution in [0.1, 0.15) is 5.56 Å². The van der Waals surface area contributed by atoms with E-state index in [0.29, 0.717) is 12.5 Å². The molecule has 4 rings (SSSR count). The van der Waals surface area contributed by atoms with Gasteiger partial charge in [0.05, 0.1) is 13.2 Å². The molecule has 8 heteroatoms. The van der Waals surface area contributed by atoms with Crippen molar-refractivity contribution in [1.29, 1.82) is 0 Å². The molecule has 0 radical (unpaired) electrons. The Labute approximate surface area is 152 Å². The van der Waals surface area contributed by atoms with Gasteiger partial charge in [-0.3, -0.25) is 4.90 Å². The van der Waals surface area contributed by atoms with Gasteiger partial charge in [-0.15, -0.1) is 0 Å². The lowest BCUT2D eigenvalue weighted by Crippen LogP contribution is -2.39. The van der Waals surface area contributed by atoms with Crippen LogP contribution in [0.2, 0.25) is 0 Å². The van der Waals surface area contributed by atoms with Gasteiger partial charge in [-0.1, -0.05) is 6.07 Å². The van der Waals surface area contributed by atoms with Crippen LogP contribution in [-0.2, 0) is 11.3 Å². The van der Waals surface area contributed by atoms with Gasteiger partial charge in [0.2, 0.25) is 12.7 Å². The molecule has 2 N–H and O–H groups in total. The summed E-state index contributed by atoms with van der Waals surface area (Å²) in [4.78, 5) is 11.2. The van der Waals surface area contributed by atoms with Gasteiger partial charge in [0, 0.05) is 38.9 Å². The van der Waals surface area contributed by atoms with Crippen LogP contribution < -0.4 is 20.1 Å². The number of rotatable bonds is 7. The number of ether oxygens (including phenoxy) is 3. The molecule has 0 aliphatic carbocycles. The topological polar surface area (TPSA) is 80.8 Å². The SMILES string of the molecule is c1cc(NCCN2CCOCC2)nc(NCc2ccc3c(c2)OCO3)n1. The smallest absolute Gasteiger partial charge is 0.231 e. The van der Waals surface area contributed by atoms with Gasteiger partial charge in [-0.2, -0.15) is 4.98 Å². The van der Waals surface area contributed by atoms with Crippen LogP contribution in [0, 0.1) is 0 Å². The summed E-state index contributed by atoms with van der Waals surface area (Å²) in [6.45, 7) is 6.36. The van der Waals surface area contributed by atoms with Crippen molar-refractivity contribution in [2.24, 2.45) is 0 Å². The fraction of sp³-hybridized carbons (Fsp3) is 0.444. The fourth-order valence-electron chi connectivity index (χ4n) is 2.94. The third kappa shape index (κ3) is 4.33. The first-order valence-corrected chi connectivity index (χ1v) is 8.86. The minimum atomic E-state index is 0.285. The minimum absolute atomic E-state index is 0.285. The number of fused-ring (bicyclic) bond motifs is 1. The molecule has 1 fully saturated rings. The highest BCUT2D eigenvalue weighted by Crippen LogP contribution is 2.32. The third-order valence-corrected chi connectivity index (χ3v) is 4.38. The molecular formula is C18H23N5O3. The molecule has 0 atom stereocenters. The van der Waals surface area contributed by atoms with Crippen LogP contribution in [0.3, 0.4) is 0 Å². The summed E-state index contributed by atoms with van der Waals surface area (Å²) in [5.74, 6) is 2.99. The molecule has 2 aromatic rings. The maximum atomic E-state index is 5.40. The lowest BCUT2D eigenvalue weighted by Gasteiger charge is -2.26. The molecule has 26 heavy (non-hydrogen) atoms. The Morgan fingerprint density at radius 2 is 1.92 bits per heavy atom. The first-order valence-electron chi connectivity index (χ1n) is 8.86.